The van der Waals surface area contributed by atoms with Gasteiger partial charge in [-0.3, -0.25) is 0 Å². The average Bonchev–Trinajstić information content (AvgIpc) is 2.69. The molecule has 18 heavy (non-hydrogen) atoms. The van der Waals surface area contributed by atoms with Crippen molar-refractivity contribution in [2.24, 2.45) is 0 Å². The van der Waals surface area contributed by atoms with Crippen LogP contribution in [0.5, 0.6) is 0 Å². The first-order chi connectivity index (χ1) is 8.60. The van der Waals surface area contributed by atoms with E-state index in [2.05, 4.69) is 6.07 Å². The van der Waals surface area contributed by atoms with Gasteiger partial charge in [0.05, 0.1) is 10.7 Å². The maximum absolute atomic E-state index is 9.07. The highest BCUT2D eigenvalue weighted by Crippen LogP contribution is 2.42. The molecule has 0 aliphatic carbocycles. The number of nitriles is 1. The van der Waals surface area contributed by atoms with Gasteiger partial charge in [0, 0.05) is 10.4 Å². The number of nitrogen functional groups attached to an aromatic ring is 1. The zero-order valence-electron chi connectivity index (χ0n) is 10.2. The van der Waals surface area contributed by atoms with E-state index in [1.165, 1.54) is 11.3 Å². The van der Waals surface area contributed by atoms with Gasteiger partial charge in [-0.05, 0) is 24.5 Å². The van der Waals surface area contributed by atoms with Crippen LogP contribution in [0.1, 0.15) is 22.9 Å². The van der Waals surface area contributed by atoms with E-state index in [9.17, 15) is 0 Å². The molecule has 0 saturated carbocycles. The molecule has 0 aliphatic heterocycles. The Kier molecular flexibility index (Phi) is 3.60. The Labute approximate surface area is 116 Å². The predicted octanol–water partition coefficient (Wildman–Crippen LogP) is 4.39. The van der Waals surface area contributed by atoms with Crippen LogP contribution in [0, 0.1) is 18.3 Å². The van der Waals surface area contributed by atoms with Crippen LogP contribution in [0.4, 0.5) is 5.69 Å². The third-order valence-corrected chi connectivity index (χ3v) is 4.63. The van der Waals surface area contributed by atoms with Crippen molar-refractivity contribution in [3.8, 4) is 16.5 Å². The SMILES string of the molecule is CCc1c(-c2cccc(C)c2Cl)sc(C#N)c1N. The van der Waals surface area contributed by atoms with Crippen LogP contribution in [-0.4, -0.2) is 0 Å². The number of anilines is 1. The maximum Gasteiger partial charge on any atom is 0.128 e. The highest BCUT2D eigenvalue weighted by molar-refractivity contribution is 7.17. The largest absolute Gasteiger partial charge is 0.397 e. The Hall–Kier alpha value is -1.50. The Balaban J connectivity index is 2.72. The molecule has 0 saturated heterocycles. The van der Waals surface area contributed by atoms with E-state index >= 15 is 0 Å². The van der Waals surface area contributed by atoms with Crippen molar-refractivity contribution in [3.63, 3.8) is 0 Å². The van der Waals surface area contributed by atoms with Crippen LogP contribution in [0.3, 0.4) is 0 Å². The summed E-state index contributed by atoms with van der Waals surface area (Å²) in [5.41, 5.74) is 9.60. The maximum atomic E-state index is 9.07. The minimum absolute atomic E-state index is 0.569. The van der Waals surface area contributed by atoms with Crippen LogP contribution in [0.25, 0.3) is 10.4 Å². The first kappa shape index (κ1) is 12.9. The second kappa shape index (κ2) is 5.01. The van der Waals surface area contributed by atoms with E-state index in [1.807, 2.05) is 32.0 Å². The summed E-state index contributed by atoms with van der Waals surface area (Å²) in [6.07, 6.45) is 0.795. The third kappa shape index (κ3) is 1.98. The lowest BCUT2D eigenvalue weighted by atomic mass is 10.0. The van der Waals surface area contributed by atoms with Gasteiger partial charge in [0.1, 0.15) is 10.9 Å². The van der Waals surface area contributed by atoms with E-state index in [-0.39, 0.29) is 0 Å². The van der Waals surface area contributed by atoms with E-state index in [1.54, 1.807) is 0 Å². The van der Waals surface area contributed by atoms with Gasteiger partial charge in [-0.2, -0.15) is 5.26 Å². The van der Waals surface area contributed by atoms with Crippen molar-refractivity contribution >= 4 is 28.6 Å². The van der Waals surface area contributed by atoms with Gasteiger partial charge in [0.15, 0.2) is 0 Å². The number of rotatable bonds is 2. The fraction of sp³-hybridized carbons (Fsp3) is 0.214. The molecule has 1 aromatic carbocycles. The highest BCUT2D eigenvalue weighted by atomic mass is 35.5. The van der Waals surface area contributed by atoms with Crippen molar-refractivity contribution in [3.05, 3.63) is 39.2 Å². The number of nitrogens with zero attached hydrogens (tertiary/aromatic N) is 1. The lowest BCUT2D eigenvalue weighted by molar-refractivity contribution is 1.16. The molecule has 92 valence electrons. The number of hydrogen-bond donors (Lipinski definition) is 1. The van der Waals surface area contributed by atoms with Gasteiger partial charge in [0.25, 0.3) is 0 Å². The standard InChI is InChI=1S/C14H13ClN2S/c1-3-9-13(17)11(7-16)18-14(9)10-6-4-5-8(2)12(10)15/h4-6H,3,17H2,1-2H3. The number of halogens is 1. The summed E-state index contributed by atoms with van der Waals surface area (Å²) in [4.78, 5) is 1.58. The topological polar surface area (TPSA) is 49.8 Å². The summed E-state index contributed by atoms with van der Waals surface area (Å²) in [7, 11) is 0. The Morgan fingerprint density at radius 3 is 2.78 bits per heavy atom. The molecule has 2 N–H and O–H groups in total. The molecule has 0 radical (unpaired) electrons. The number of benzene rings is 1. The molecule has 0 fully saturated rings. The zero-order valence-corrected chi connectivity index (χ0v) is 11.8. The highest BCUT2D eigenvalue weighted by Gasteiger charge is 2.18. The summed E-state index contributed by atoms with van der Waals surface area (Å²) < 4.78 is 0. The molecule has 0 atom stereocenters. The second-order valence-corrected chi connectivity index (χ2v) is 5.45. The van der Waals surface area contributed by atoms with Gasteiger partial charge in [-0.25, -0.2) is 0 Å². The van der Waals surface area contributed by atoms with Crippen molar-refractivity contribution < 1.29 is 0 Å². The molecular weight excluding hydrogens is 264 g/mol. The number of hydrogen-bond acceptors (Lipinski definition) is 3. The molecule has 0 aliphatic rings. The molecule has 0 amide bonds. The van der Waals surface area contributed by atoms with Gasteiger partial charge >= 0.3 is 0 Å². The van der Waals surface area contributed by atoms with Crippen molar-refractivity contribution in [1.29, 1.82) is 5.26 Å². The van der Waals surface area contributed by atoms with Crippen LogP contribution >= 0.6 is 22.9 Å². The molecule has 0 bridgehead atoms. The summed E-state index contributed by atoms with van der Waals surface area (Å²) in [6, 6.07) is 8.06. The Bertz CT molecular complexity index is 638. The monoisotopic (exact) mass is 276 g/mol. The molecule has 0 unspecified atom stereocenters. The van der Waals surface area contributed by atoms with E-state index in [0.29, 0.717) is 10.6 Å². The number of nitrogens with two attached hydrogens (primary N) is 1. The summed E-state index contributed by atoms with van der Waals surface area (Å²) >= 11 is 7.76. The van der Waals surface area contributed by atoms with Gasteiger partial charge in [0.2, 0.25) is 0 Å². The van der Waals surface area contributed by atoms with Gasteiger partial charge < -0.3 is 5.73 Å². The van der Waals surface area contributed by atoms with E-state index in [4.69, 9.17) is 22.6 Å². The molecule has 2 aromatic rings. The molecule has 4 heteroatoms. The predicted molar refractivity (Wildman–Crippen MR) is 78.0 cm³/mol. The van der Waals surface area contributed by atoms with Crippen molar-refractivity contribution in [1.82, 2.24) is 0 Å². The molecule has 2 nitrogen and oxygen atoms in total. The normalized spacial score (nSPS) is 10.3. The molecule has 1 heterocycles. The molecule has 0 spiro atoms. The van der Waals surface area contributed by atoms with E-state index < -0.39 is 0 Å². The number of aryl methyl sites for hydroxylation is 1. The van der Waals surface area contributed by atoms with E-state index in [0.717, 1.165) is 33.0 Å². The Morgan fingerprint density at radius 1 is 1.44 bits per heavy atom. The first-order valence-electron chi connectivity index (χ1n) is 5.66. The quantitative estimate of drug-likeness (QED) is 0.884. The zero-order chi connectivity index (χ0) is 13.3. The van der Waals surface area contributed by atoms with Crippen molar-refractivity contribution in [2.45, 2.75) is 20.3 Å². The Morgan fingerprint density at radius 2 is 2.17 bits per heavy atom. The van der Waals surface area contributed by atoms with Crippen LogP contribution in [0.2, 0.25) is 5.02 Å². The number of thiophene rings is 1. The van der Waals surface area contributed by atoms with Gasteiger partial charge in [-0.15, -0.1) is 11.3 Å². The third-order valence-electron chi connectivity index (χ3n) is 2.94. The van der Waals surface area contributed by atoms with Gasteiger partial charge in [-0.1, -0.05) is 36.7 Å². The summed E-state index contributed by atoms with van der Waals surface area (Å²) in [5.74, 6) is 0. The van der Waals surface area contributed by atoms with Crippen LogP contribution in [-0.2, 0) is 6.42 Å². The first-order valence-corrected chi connectivity index (χ1v) is 6.86. The summed E-state index contributed by atoms with van der Waals surface area (Å²) in [5, 5.41) is 9.80. The molecule has 2 rings (SSSR count). The smallest absolute Gasteiger partial charge is 0.128 e. The lowest BCUT2D eigenvalue weighted by Gasteiger charge is -2.07. The lowest BCUT2D eigenvalue weighted by Crippen LogP contribution is -1.92. The second-order valence-electron chi connectivity index (χ2n) is 4.05. The summed E-state index contributed by atoms with van der Waals surface area (Å²) in [6.45, 7) is 4.01. The average molecular weight is 277 g/mol. The van der Waals surface area contributed by atoms with Crippen LogP contribution in [0.15, 0.2) is 18.2 Å². The molecule has 1 aromatic heterocycles. The molecular formula is C14H13ClN2S. The van der Waals surface area contributed by atoms with Crippen LogP contribution < -0.4 is 5.73 Å². The minimum Gasteiger partial charge on any atom is -0.397 e. The fourth-order valence-electron chi connectivity index (χ4n) is 1.95. The fourth-order valence-corrected chi connectivity index (χ4v) is 3.37. The minimum atomic E-state index is 0.569. The van der Waals surface area contributed by atoms with Crippen molar-refractivity contribution in [2.75, 3.05) is 5.73 Å².